The Morgan fingerprint density at radius 1 is 0.912 bits per heavy atom. The number of hydrogen-bond acceptors (Lipinski definition) is 4. The second kappa shape index (κ2) is 10.8. The lowest BCUT2D eigenvalue weighted by atomic mass is 10.0. The van der Waals surface area contributed by atoms with Gasteiger partial charge in [0.25, 0.3) is 0 Å². The number of fused-ring (bicyclic) bond motifs is 1. The molecule has 0 amide bonds. The van der Waals surface area contributed by atoms with Crippen LogP contribution in [0.3, 0.4) is 0 Å². The summed E-state index contributed by atoms with van der Waals surface area (Å²) in [5.74, 6) is 0.830. The molecule has 5 rings (SSSR count). The van der Waals surface area contributed by atoms with Crippen molar-refractivity contribution in [3.8, 4) is 5.75 Å². The minimum Gasteiger partial charge on any atom is -0.487 e. The summed E-state index contributed by atoms with van der Waals surface area (Å²) in [5, 5.41) is 1.88. The smallest absolute Gasteiger partial charge is 0.130 e. The van der Waals surface area contributed by atoms with Crippen LogP contribution in [0.5, 0.6) is 5.75 Å². The molecule has 0 spiro atoms. The minimum absolute atomic E-state index is 0.436. The van der Waals surface area contributed by atoms with Crippen molar-refractivity contribution in [2.75, 3.05) is 32.8 Å². The number of para-hydroxylation sites is 1. The van der Waals surface area contributed by atoms with Crippen LogP contribution >= 0.6 is 11.6 Å². The van der Waals surface area contributed by atoms with Gasteiger partial charge in [-0.05, 0) is 59.2 Å². The fourth-order valence-electron chi connectivity index (χ4n) is 4.09. The molecule has 0 N–H and O–H groups in total. The van der Waals surface area contributed by atoms with Gasteiger partial charge in [-0.25, -0.2) is 4.98 Å². The van der Waals surface area contributed by atoms with Crippen molar-refractivity contribution < 1.29 is 9.47 Å². The molecule has 1 aliphatic rings. The van der Waals surface area contributed by atoms with E-state index in [1.54, 1.807) is 0 Å². The van der Waals surface area contributed by atoms with Gasteiger partial charge in [0, 0.05) is 30.0 Å². The first-order valence-corrected chi connectivity index (χ1v) is 11.9. The summed E-state index contributed by atoms with van der Waals surface area (Å²) >= 11 is 6.08. The van der Waals surface area contributed by atoms with Crippen LogP contribution in [0.25, 0.3) is 22.6 Å². The van der Waals surface area contributed by atoms with Gasteiger partial charge in [-0.15, -0.1) is 0 Å². The van der Waals surface area contributed by atoms with E-state index in [4.69, 9.17) is 26.1 Å². The van der Waals surface area contributed by atoms with E-state index in [2.05, 4.69) is 47.4 Å². The van der Waals surface area contributed by atoms with Gasteiger partial charge in [0.1, 0.15) is 12.4 Å². The SMILES string of the molecule is Clc1ccc(/C=C(/CN2CCOCC2)c2ccc(OCc3ccc4ccccc4n3)cc2)cc1. The van der Waals surface area contributed by atoms with E-state index in [0.717, 1.165) is 65.8 Å². The van der Waals surface area contributed by atoms with E-state index in [0.29, 0.717) is 6.61 Å². The average molecular weight is 471 g/mol. The molecular formula is C29H27ClN2O2. The molecule has 0 aliphatic carbocycles. The number of aromatic nitrogens is 1. The van der Waals surface area contributed by atoms with Crippen molar-refractivity contribution in [2.24, 2.45) is 0 Å². The van der Waals surface area contributed by atoms with Crippen molar-refractivity contribution in [3.05, 3.63) is 107 Å². The van der Waals surface area contributed by atoms with Gasteiger partial charge >= 0.3 is 0 Å². The molecule has 1 saturated heterocycles. The van der Waals surface area contributed by atoms with Crippen molar-refractivity contribution in [1.29, 1.82) is 0 Å². The monoisotopic (exact) mass is 470 g/mol. The van der Waals surface area contributed by atoms with Crippen molar-refractivity contribution in [3.63, 3.8) is 0 Å². The Bertz CT molecular complexity index is 1260. The largest absolute Gasteiger partial charge is 0.487 e. The van der Waals surface area contributed by atoms with Gasteiger partial charge < -0.3 is 9.47 Å². The van der Waals surface area contributed by atoms with Crippen LogP contribution in [0, 0.1) is 0 Å². The molecule has 2 heterocycles. The van der Waals surface area contributed by atoms with Crippen molar-refractivity contribution in [2.45, 2.75) is 6.61 Å². The topological polar surface area (TPSA) is 34.6 Å². The molecule has 0 radical (unpaired) electrons. The fourth-order valence-corrected chi connectivity index (χ4v) is 4.22. The Labute approximate surface area is 205 Å². The Kier molecular flexibility index (Phi) is 7.20. The number of pyridine rings is 1. The van der Waals surface area contributed by atoms with E-state index in [-0.39, 0.29) is 0 Å². The standard InChI is InChI=1S/C29H27ClN2O2/c30-26-10-5-22(6-11-26)19-25(20-32-15-17-33-18-16-32)23-8-13-28(14-9-23)34-21-27-12-7-24-3-1-2-4-29(24)31-27/h1-14,19H,15-18,20-21H2/b25-19-. The van der Waals surface area contributed by atoms with Crippen LogP contribution < -0.4 is 4.74 Å². The number of ether oxygens (including phenoxy) is 2. The molecule has 1 aromatic heterocycles. The summed E-state index contributed by atoms with van der Waals surface area (Å²) in [7, 11) is 0. The maximum absolute atomic E-state index is 6.08. The number of hydrogen-bond donors (Lipinski definition) is 0. The number of morpholine rings is 1. The molecule has 1 aliphatic heterocycles. The highest BCUT2D eigenvalue weighted by Crippen LogP contribution is 2.24. The number of benzene rings is 3. The van der Waals surface area contributed by atoms with Gasteiger partial charge in [0.2, 0.25) is 0 Å². The molecule has 0 saturated carbocycles. The van der Waals surface area contributed by atoms with Crippen LogP contribution in [-0.4, -0.2) is 42.7 Å². The molecule has 3 aromatic carbocycles. The molecule has 4 nitrogen and oxygen atoms in total. The highest BCUT2D eigenvalue weighted by molar-refractivity contribution is 6.30. The zero-order chi connectivity index (χ0) is 23.2. The van der Waals surface area contributed by atoms with Crippen LogP contribution in [-0.2, 0) is 11.3 Å². The zero-order valence-electron chi connectivity index (χ0n) is 19.0. The molecule has 34 heavy (non-hydrogen) atoms. The summed E-state index contributed by atoms with van der Waals surface area (Å²) in [6.07, 6.45) is 2.24. The third kappa shape index (κ3) is 5.84. The van der Waals surface area contributed by atoms with E-state index >= 15 is 0 Å². The summed E-state index contributed by atoms with van der Waals surface area (Å²) in [5.41, 5.74) is 5.47. The maximum Gasteiger partial charge on any atom is 0.130 e. The highest BCUT2D eigenvalue weighted by atomic mass is 35.5. The normalized spacial score (nSPS) is 14.9. The zero-order valence-corrected chi connectivity index (χ0v) is 19.7. The third-order valence-electron chi connectivity index (χ3n) is 5.98. The summed E-state index contributed by atoms with van der Waals surface area (Å²) in [4.78, 5) is 7.13. The van der Waals surface area contributed by atoms with Gasteiger partial charge in [-0.3, -0.25) is 4.90 Å². The predicted molar refractivity (Wildman–Crippen MR) is 139 cm³/mol. The molecule has 172 valence electrons. The lowest BCUT2D eigenvalue weighted by Gasteiger charge is -2.27. The van der Waals surface area contributed by atoms with Crippen molar-refractivity contribution in [1.82, 2.24) is 9.88 Å². The second-order valence-corrected chi connectivity index (χ2v) is 8.85. The van der Waals surface area contributed by atoms with E-state index < -0.39 is 0 Å². The Balaban J connectivity index is 1.31. The molecule has 5 heteroatoms. The molecule has 0 unspecified atom stereocenters. The van der Waals surface area contributed by atoms with Crippen LogP contribution in [0.1, 0.15) is 16.8 Å². The van der Waals surface area contributed by atoms with Gasteiger partial charge in [-0.1, -0.05) is 60.1 Å². The van der Waals surface area contributed by atoms with Crippen molar-refractivity contribution >= 4 is 34.2 Å². The van der Waals surface area contributed by atoms with E-state index in [9.17, 15) is 0 Å². The molecule has 0 atom stereocenters. The van der Waals surface area contributed by atoms with Gasteiger partial charge in [-0.2, -0.15) is 0 Å². The van der Waals surface area contributed by atoms with E-state index in [1.165, 1.54) is 11.1 Å². The first kappa shape index (κ1) is 22.6. The van der Waals surface area contributed by atoms with Crippen LogP contribution in [0.15, 0.2) is 84.9 Å². The van der Waals surface area contributed by atoms with Gasteiger partial charge in [0.05, 0.1) is 24.4 Å². The second-order valence-electron chi connectivity index (χ2n) is 8.42. The molecule has 0 bridgehead atoms. The van der Waals surface area contributed by atoms with Crippen LogP contribution in [0.2, 0.25) is 5.02 Å². The lowest BCUT2D eigenvalue weighted by molar-refractivity contribution is 0.0444. The summed E-state index contributed by atoms with van der Waals surface area (Å²) < 4.78 is 11.6. The quantitative estimate of drug-likeness (QED) is 0.295. The third-order valence-corrected chi connectivity index (χ3v) is 6.23. The summed E-state index contributed by atoms with van der Waals surface area (Å²) in [6, 6.07) is 28.5. The number of rotatable bonds is 7. The van der Waals surface area contributed by atoms with Gasteiger partial charge in [0.15, 0.2) is 0 Å². The maximum atomic E-state index is 6.08. The Morgan fingerprint density at radius 3 is 2.47 bits per heavy atom. The predicted octanol–water partition coefficient (Wildman–Crippen LogP) is 6.34. The Morgan fingerprint density at radius 2 is 1.68 bits per heavy atom. The summed E-state index contributed by atoms with van der Waals surface area (Å²) in [6.45, 7) is 4.75. The first-order valence-electron chi connectivity index (χ1n) is 11.6. The molecule has 1 fully saturated rings. The number of nitrogens with zero attached hydrogens (tertiary/aromatic N) is 2. The average Bonchev–Trinajstić information content (AvgIpc) is 2.89. The molecular weight excluding hydrogens is 444 g/mol. The Hall–Kier alpha value is -3.18. The number of halogens is 1. The molecule has 4 aromatic rings. The lowest BCUT2D eigenvalue weighted by Crippen LogP contribution is -2.37. The van der Waals surface area contributed by atoms with Crippen LogP contribution in [0.4, 0.5) is 0 Å². The fraction of sp³-hybridized carbons (Fsp3) is 0.207. The highest BCUT2D eigenvalue weighted by Gasteiger charge is 2.14. The first-order chi connectivity index (χ1) is 16.7. The van der Waals surface area contributed by atoms with E-state index in [1.807, 2.05) is 48.5 Å². The minimum atomic E-state index is 0.436.